The summed E-state index contributed by atoms with van der Waals surface area (Å²) in [4.78, 5) is 54.8. The number of hydrogen-bond acceptors (Lipinski definition) is 11. The third kappa shape index (κ3) is 10.1. The molecule has 0 spiro atoms. The van der Waals surface area contributed by atoms with Crippen LogP contribution in [-0.2, 0) is 15.1 Å². The van der Waals surface area contributed by atoms with Crippen molar-refractivity contribution in [1.82, 2.24) is 30.6 Å². The molecule has 0 atom stereocenters. The first-order chi connectivity index (χ1) is 25.5. The topological polar surface area (TPSA) is 172 Å². The minimum Gasteiger partial charge on any atom is -0.454 e. The van der Waals surface area contributed by atoms with E-state index in [-0.39, 0.29) is 25.0 Å². The molecule has 1 aliphatic rings. The summed E-state index contributed by atoms with van der Waals surface area (Å²) in [5.74, 6) is -2.14. The molecule has 0 saturated heterocycles. The summed E-state index contributed by atoms with van der Waals surface area (Å²) >= 11 is 7.30. The van der Waals surface area contributed by atoms with Gasteiger partial charge in [0.15, 0.2) is 11.7 Å². The number of rotatable bonds is 13. The average molecular weight is 782 g/mol. The highest BCUT2D eigenvalue weighted by Crippen LogP contribution is 2.48. The zero-order chi connectivity index (χ0) is 38.7. The van der Waals surface area contributed by atoms with E-state index < -0.39 is 47.5 Å². The molecule has 5 aromatic rings. The van der Waals surface area contributed by atoms with Gasteiger partial charge in [-0.25, -0.2) is 4.98 Å². The first-order valence-corrected chi connectivity index (χ1v) is 17.9. The lowest BCUT2D eigenvalue weighted by Gasteiger charge is -2.25. The summed E-state index contributed by atoms with van der Waals surface area (Å²) in [7, 11) is 0. The summed E-state index contributed by atoms with van der Waals surface area (Å²) in [6, 6.07) is 18.6. The Kier molecular flexibility index (Phi) is 10.9. The largest absolute Gasteiger partial charge is 0.454 e. The molecule has 5 N–H and O–H groups in total. The fourth-order valence-corrected chi connectivity index (χ4v) is 6.20. The van der Waals surface area contributed by atoms with Crippen LogP contribution < -0.4 is 31.3 Å². The SMILES string of the molecule is Cc1ccc2sc(NC(=O)C(=O)NCC(C)(C)CNC(=O)c3ccc(Nc4nc(NC5(c6ccc(Cl)cc6)CC5)nc(OCC(F)(F)F)n4)cc3)nc2c1. The standard InChI is InChI=1S/C36H35ClF3N9O4S/c1-20-4-13-26-25(16-20)44-33(54-26)45-29(52)28(51)42-18-34(2,3)17-41-27(50)21-5-11-24(12-6-21)43-30-46-31(48-32(47-30)53-19-36(38,39)40)49-35(14-15-35)22-7-9-23(37)10-8-22/h4-13,16H,14-15,17-19H2,1-3H3,(H,41,50)(H,42,51)(H,44,45,52)(H2,43,46,47,48,49). The molecule has 2 heterocycles. The lowest BCUT2D eigenvalue weighted by Crippen LogP contribution is -2.44. The highest BCUT2D eigenvalue weighted by molar-refractivity contribution is 7.22. The van der Waals surface area contributed by atoms with Gasteiger partial charge in [-0.3, -0.25) is 19.7 Å². The molecule has 1 fully saturated rings. The Hall–Kier alpha value is -5.55. The molecule has 0 radical (unpaired) electrons. The van der Waals surface area contributed by atoms with Gasteiger partial charge in [0, 0.05) is 29.4 Å². The van der Waals surface area contributed by atoms with Crippen LogP contribution >= 0.6 is 22.9 Å². The van der Waals surface area contributed by atoms with Crippen molar-refractivity contribution >= 4 is 73.6 Å². The number of halogens is 4. The van der Waals surface area contributed by atoms with Crippen LogP contribution in [0.5, 0.6) is 6.01 Å². The van der Waals surface area contributed by atoms with E-state index in [9.17, 15) is 27.6 Å². The maximum absolute atomic E-state index is 13.0. The van der Waals surface area contributed by atoms with E-state index in [4.69, 9.17) is 16.3 Å². The van der Waals surface area contributed by atoms with E-state index in [1.165, 1.54) is 11.3 Å². The van der Waals surface area contributed by atoms with Gasteiger partial charge in [0.2, 0.25) is 11.9 Å². The van der Waals surface area contributed by atoms with Crippen molar-refractivity contribution in [2.45, 2.75) is 45.3 Å². The maximum atomic E-state index is 13.0. The second kappa shape index (κ2) is 15.4. The number of aryl methyl sites for hydroxylation is 1. The third-order valence-electron chi connectivity index (χ3n) is 8.31. The van der Waals surface area contributed by atoms with Crippen LogP contribution in [0.25, 0.3) is 10.2 Å². The smallest absolute Gasteiger partial charge is 0.422 e. The molecule has 2 aromatic heterocycles. The maximum Gasteiger partial charge on any atom is 0.422 e. The Labute approximate surface area is 316 Å². The molecule has 0 bridgehead atoms. The van der Waals surface area contributed by atoms with Gasteiger partial charge < -0.3 is 26.0 Å². The second-order valence-electron chi connectivity index (χ2n) is 13.6. The molecule has 13 nitrogen and oxygen atoms in total. The van der Waals surface area contributed by atoms with Gasteiger partial charge >= 0.3 is 24.0 Å². The van der Waals surface area contributed by atoms with Crippen LogP contribution in [0.1, 0.15) is 48.2 Å². The number of carbonyl (C=O) groups excluding carboxylic acids is 3. The molecule has 0 aliphatic heterocycles. The van der Waals surface area contributed by atoms with Gasteiger partial charge in [0.1, 0.15) is 0 Å². The molecule has 1 saturated carbocycles. The van der Waals surface area contributed by atoms with Gasteiger partial charge in [-0.2, -0.15) is 28.1 Å². The number of hydrogen-bond donors (Lipinski definition) is 5. The number of benzene rings is 3. The van der Waals surface area contributed by atoms with E-state index in [0.29, 0.717) is 21.4 Å². The molecule has 1 aliphatic carbocycles. The molecular weight excluding hydrogens is 747 g/mol. The quantitative estimate of drug-likeness (QED) is 0.0806. The lowest BCUT2D eigenvalue weighted by atomic mass is 9.93. The Morgan fingerprint density at radius 2 is 1.56 bits per heavy atom. The molecular formula is C36H35ClF3N9O4S. The highest BCUT2D eigenvalue weighted by atomic mass is 35.5. The predicted octanol–water partition coefficient (Wildman–Crippen LogP) is 6.74. The van der Waals surface area contributed by atoms with Gasteiger partial charge in [-0.1, -0.05) is 55.0 Å². The Balaban J connectivity index is 1.03. The van der Waals surface area contributed by atoms with Crippen LogP contribution in [0, 0.1) is 12.3 Å². The number of nitrogens with one attached hydrogen (secondary N) is 5. The van der Waals surface area contributed by atoms with E-state index in [0.717, 1.165) is 34.2 Å². The summed E-state index contributed by atoms with van der Waals surface area (Å²) in [5, 5.41) is 15.0. The van der Waals surface area contributed by atoms with Crippen molar-refractivity contribution in [3.05, 3.63) is 88.4 Å². The van der Waals surface area contributed by atoms with Crippen LogP contribution in [0.3, 0.4) is 0 Å². The highest BCUT2D eigenvalue weighted by Gasteiger charge is 2.45. The summed E-state index contributed by atoms with van der Waals surface area (Å²) in [5.41, 5.74) is 2.28. The van der Waals surface area contributed by atoms with Gasteiger partial charge in [-0.15, -0.1) is 0 Å². The number of alkyl halides is 3. The number of carbonyl (C=O) groups is 3. The zero-order valence-corrected chi connectivity index (χ0v) is 30.8. The first-order valence-electron chi connectivity index (χ1n) is 16.7. The van der Waals surface area contributed by atoms with Crippen molar-refractivity contribution < 1.29 is 32.3 Å². The number of anilines is 4. The minimum atomic E-state index is -4.61. The Bertz CT molecular complexity index is 2180. The van der Waals surface area contributed by atoms with Crippen molar-refractivity contribution in [2.75, 3.05) is 35.6 Å². The van der Waals surface area contributed by atoms with Crippen LogP contribution in [0.2, 0.25) is 5.02 Å². The average Bonchev–Trinajstić information content (AvgIpc) is 3.79. The molecule has 18 heteroatoms. The molecule has 3 amide bonds. The third-order valence-corrected chi connectivity index (χ3v) is 9.51. The van der Waals surface area contributed by atoms with Crippen molar-refractivity contribution in [3.8, 4) is 6.01 Å². The van der Waals surface area contributed by atoms with E-state index in [1.807, 2.05) is 51.1 Å². The van der Waals surface area contributed by atoms with E-state index in [2.05, 4.69) is 46.5 Å². The Morgan fingerprint density at radius 1 is 0.870 bits per heavy atom. The second-order valence-corrected chi connectivity index (χ2v) is 15.0. The molecule has 6 rings (SSSR count). The van der Waals surface area contributed by atoms with Gasteiger partial charge in [0.05, 0.1) is 15.8 Å². The zero-order valence-electron chi connectivity index (χ0n) is 29.2. The summed E-state index contributed by atoms with van der Waals surface area (Å²) < 4.78 is 44.6. The number of thiazole rings is 1. The fourth-order valence-electron chi connectivity index (χ4n) is 5.24. The van der Waals surface area contributed by atoms with Crippen LogP contribution in [0.4, 0.5) is 35.9 Å². The van der Waals surface area contributed by atoms with Crippen LogP contribution in [0.15, 0.2) is 66.7 Å². The fraction of sp³-hybridized carbons (Fsp3) is 0.306. The number of aromatic nitrogens is 4. The summed E-state index contributed by atoms with van der Waals surface area (Å²) in [6.45, 7) is 4.25. The summed E-state index contributed by atoms with van der Waals surface area (Å²) in [6.07, 6.45) is -3.14. The van der Waals surface area contributed by atoms with Gasteiger partial charge in [-0.05, 0) is 84.8 Å². The number of nitrogens with zero attached hydrogens (tertiary/aromatic N) is 4. The minimum absolute atomic E-state index is 0.0100. The van der Waals surface area contributed by atoms with E-state index >= 15 is 0 Å². The molecule has 0 unspecified atom stereocenters. The predicted molar refractivity (Wildman–Crippen MR) is 199 cm³/mol. The molecule has 282 valence electrons. The van der Waals surface area contributed by atoms with Crippen LogP contribution in [-0.4, -0.2) is 63.5 Å². The molecule has 54 heavy (non-hydrogen) atoms. The number of fused-ring (bicyclic) bond motifs is 1. The van der Waals surface area contributed by atoms with Gasteiger partial charge in [0.25, 0.3) is 5.91 Å². The van der Waals surface area contributed by atoms with E-state index in [1.54, 1.807) is 36.4 Å². The lowest BCUT2D eigenvalue weighted by molar-refractivity contribution is -0.154. The number of amides is 3. The first kappa shape index (κ1) is 38.2. The van der Waals surface area contributed by atoms with Crippen molar-refractivity contribution in [2.24, 2.45) is 5.41 Å². The Morgan fingerprint density at radius 3 is 2.24 bits per heavy atom. The monoisotopic (exact) mass is 781 g/mol. The van der Waals surface area contributed by atoms with Crippen molar-refractivity contribution in [1.29, 1.82) is 0 Å². The normalized spacial score (nSPS) is 13.5. The number of ether oxygens (including phenoxy) is 1. The van der Waals surface area contributed by atoms with Crippen molar-refractivity contribution in [3.63, 3.8) is 0 Å². The molecule has 3 aromatic carbocycles.